The van der Waals surface area contributed by atoms with E-state index in [1.165, 1.54) is 6.07 Å². The molecule has 0 saturated heterocycles. The van der Waals surface area contributed by atoms with Crippen molar-refractivity contribution < 1.29 is 9.18 Å². The maximum Gasteiger partial charge on any atom is 0.241 e. The summed E-state index contributed by atoms with van der Waals surface area (Å²) in [6.45, 7) is 7.34. The number of rotatable bonds is 2. The first kappa shape index (κ1) is 13.6. The van der Waals surface area contributed by atoms with Gasteiger partial charge in [0.2, 0.25) is 5.91 Å². The lowest BCUT2D eigenvalue weighted by Gasteiger charge is -2.26. The van der Waals surface area contributed by atoms with Crippen LogP contribution in [-0.2, 0) is 4.79 Å². The van der Waals surface area contributed by atoms with Crippen molar-refractivity contribution in [3.05, 3.63) is 29.6 Å². The zero-order chi connectivity index (χ0) is 13.2. The highest BCUT2D eigenvalue weighted by molar-refractivity contribution is 5.95. The Morgan fingerprint density at radius 1 is 1.41 bits per heavy atom. The number of nitrogens with two attached hydrogens (primary N) is 1. The fraction of sp³-hybridized carbons (Fsp3) is 0.462. The van der Waals surface area contributed by atoms with Crippen molar-refractivity contribution in [1.29, 1.82) is 0 Å². The van der Waals surface area contributed by atoms with E-state index in [4.69, 9.17) is 5.73 Å². The molecule has 1 atom stereocenters. The van der Waals surface area contributed by atoms with Gasteiger partial charge in [0.25, 0.3) is 0 Å². The third-order valence-electron chi connectivity index (χ3n) is 2.69. The molecule has 0 bridgehead atoms. The first-order valence-electron chi connectivity index (χ1n) is 5.55. The van der Waals surface area contributed by atoms with Crippen molar-refractivity contribution in [2.45, 2.75) is 33.7 Å². The molecule has 1 rings (SSSR count). The van der Waals surface area contributed by atoms with Gasteiger partial charge in [-0.15, -0.1) is 0 Å². The van der Waals surface area contributed by atoms with Crippen LogP contribution in [-0.4, -0.2) is 11.9 Å². The van der Waals surface area contributed by atoms with Crippen molar-refractivity contribution in [2.75, 3.05) is 5.32 Å². The quantitative estimate of drug-likeness (QED) is 0.831. The number of hydrogen-bond donors (Lipinski definition) is 2. The number of anilines is 1. The minimum atomic E-state index is -0.679. The van der Waals surface area contributed by atoms with Crippen LogP contribution in [0.4, 0.5) is 10.1 Å². The summed E-state index contributed by atoms with van der Waals surface area (Å²) < 4.78 is 13.5. The van der Waals surface area contributed by atoms with Crippen LogP contribution in [0.1, 0.15) is 26.3 Å². The van der Waals surface area contributed by atoms with Crippen molar-refractivity contribution in [3.8, 4) is 0 Å². The van der Waals surface area contributed by atoms with Gasteiger partial charge in [-0.05, 0) is 24.0 Å². The summed E-state index contributed by atoms with van der Waals surface area (Å²) in [5.41, 5.74) is 6.34. The van der Waals surface area contributed by atoms with E-state index in [0.29, 0.717) is 5.56 Å². The molecule has 0 aromatic heterocycles. The normalized spacial score (nSPS) is 13.3. The molecule has 0 unspecified atom stereocenters. The highest BCUT2D eigenvalue weighted by atomic mass is 19.1. The van der Waals surface area contributed by atoms with Crippen molar-refractivity contribution in [3.63, 3.8) is 0 Å². The first-order valence-corrected chi connectivity index (χ1v) is 5.55. The molecule has 0 aliphatic carbocycles. The van der Waals surface area contributed by atoms with E-state index in [1.807, 2.05) is 20.8 Å². The molecule has 0 radical (unpaired) electrons. The molecule has 0 spiro atoms. The number of halogens is 1. The largest absolute Gasteiger partial charge is 0.322 e. The molecule has 0 aliphatic rings. The smallest absolute Gasteiger partial charge is 0.241 e. The number of carbonyl (C=O) groups is 1. The van der Waals surface area contributed by atoms with Crippen molar-refractivity contribution in [2.24, 2.45) is 11.1 Å². The van der Waals surface area contributed by atoms with Crippen LogP contribution >= 0.6 is 0 Å². The molecule has 0 aliphatic heterocycles. The van der Waals surface area contributed by atoms with Gasteiger partial charge in [-0.3, -0.25) is 4.79 Å². The van der Waals surface area contributed by atoms with E-state index in [-0.39, 0.29) is 17.0 Å². The fourth-order valence-electron chi connectivity index (χ4n) is 1.38. The van der Waals surface area contributed by atoms with Gasteiger partial charge in [0.1, 0.15) is 5.82 Å². The average molecular weight is 238 g/mol. The van der Waals surface area contributed by atoms with Gasteiger partial charge in [-0.2, -0.15) is 0 Å². The molecule has 1 amide bonds. The molecule has 17 heavy (non-hydrogen) atoms. The van der Waals surface area contributed by atoms with Gasteiger partial charge >= 0.3 is 0 Å². The second-order valence-corrected chi connectivity index (χ2v) is 5.26. The molecule has 94 valence electrons. The number of hydrogen-bond acceptors (Lipinski definition) is 2. The highest BCUT2D eigenvalue weighted by Gasteiger charge is 2.28. The molecule has 3 N–H and O–H groups in total. The Morgan fingerprint density at radius 2 is 2.00 bits per heavy atom. The summed E-state index contributed by atoms with van der Waals surface area (Å²) >= 11 is 0. The summed E-state index contributed by atoms with van der Waals surface area (Å²) in [6, 6.07) is 3.97. The molecule has 4 heteroatoms. The van der Waals surface area contributed by atoms with Crippen LogP contribution < -0.4 is 11.1 Å². The minimum Gasteiger partial charge on any atom is -0.322 e. The predicted octanol–water partition coefficient (Wildman–Crippen LogP) is 2.45. The summed E-state index contributed by atoms with van der Waals surface area (Å²) in [4.78, 5) is 11.9. The molecular formula is C13H19FN2O. The van der Waals surface area contributed by atoms with Crippen LogP contribution in [0.2, 0.25) is 0 Å². The summed E-state index contributed by atoms with van der Waals surface area (Å²) in [5, 5.41) is 2.55. The predicted molar refractivity (Wildman–Crippen MR) is 67.2 cm³/mol. The van der Waals surface area contributed by atoms with Gasteiger partial charge in [0, 0.05) is 0 Å². The van der Waals surface area contributed by atoms with Crippen LogP contribution in [0.5, 0.6) is 0 Å². The molecule has 0 heterocycles. The molecule has 0 fully saturated rings. The number of aryl methyl sites for hydroxylation is 1. The van der Waals surface area contributed by atoms with Gasteiger partial charge in [-0.25, -0.2) is 4.39 Å². The van der Waals surface area contributed by atoms with Gasteiger partial charge in [0.15, 0.2) is 0 Å². The summed E-state index contributed by atoms with van der Waals surface area (Å²) in [6.07, 6.45) is 0. The Labute approximate surface area is 101 Å². The van der Waals surface area contributed by atoms with Gasteiger partial charge in [0.05, 0.1) is 11.7 Å². The Bertz CT molecular complexity index is 404. The van der Waals surface area contributed by atoms with Crippen LogP contribution in [0, 0.1) is 18.2 Å². The number of benzene rings is 1. The first-order chi connectivity index (χ1) is 7.73. The van der Waals surface area contributed by atoms with E-state index in [1.54, 1.807) is 19.1 Å². The Balaban J connectivity index is 2.89. The molecule has 1 aromatic rings. The maximum absolute atomic E-state index is 13.5. The molecule has 0 saturated carbocycles. The second kappa shape index (κ2) is 4.84. The number of amides is 1. The van der Waals surface area contributed by atoms with Crippen LogP contribution in [0.3, 0.4) is 0 Å². The number of nitrogens with one attached hydrogen (secondary N) is 1. The Morgan fingerprint density at radius 3 is 2.47 bits per heavy atom. The van der Waals surface area contributed by atoms with Crippen molar-refractivity contribution in [1.82, 2.24) is 0 Å². The van der Waals surface area contributed by atoms with Gasteiger partial charge in [-0.1, -0.05) is 32.9 Å². The summed E-state index contributed by atoms with van der Waals surface area (Å²) in [7, 11) is 0. The highest BCUT2D eigenvalue weighted by Crippen LogP contribution is 2.22. The zero-order valence-corrected chi connectivity index (χ0v) is 10.7. The Hall–Kier alpha value is -1.42. The topological polar surface area (TPSA) is 55.1 Å². The lowest BCUT2D eigenvalue weighted by atomic mass is 9.87. The molecule has 3 nitrogen and oxygen atoms in total. The monoisotopic (exact) mass is 238 g/mol. The van der Waals surface area contributed by atoms with E-state index in [0.717, 1.165) is 0 Å². The SMILES string of the molecule is Cc1cccc(F)c1NC(=O)[C@H](N)C(C)(C)C. The van der Waals surface area contributed by atoms with Crippen molar-refractivity contribution >= 4 is 11.6 Å². The maximum atomic E-state index is 13.5. The van der Waals surface area contributed by atoms with E-state index < -0.39 is 11.9 Å². The lowest BCUT2D eigenvalue weighted by Crippen LogP contribution is -2.45. The van der Waals surface area contributed by atoms with Crippen LogP contribution in [0.15, 0.2) is 18.2 Å². The third kappa shape index (κ3) is 3.27. The number of carbonyl (C=O) groups excluding carboxylic acids is 1. The van der Waals surface area contributed by atoms with Gasteiger partial charge < -0.3 is 11.1 Å². The standard InChI is InChI=1S/C13H19FN2O/c1-8-6-5-7-9(14)10(8)16-12(17)11(15)13(2,3)4/h5-7,11H,15H2,1-4H3,(H,16,17)/t11-/m0/s1. The fourth-order valence-corrected chi connectivity index (χ4v) is 1.38. The lowest BCUT2D eigenvalue weighted by molar-refractivity contribution is -0.119. The van der Waals surface area contributed by atoms with E-state index >= 15 is 0 Å². The average Bonchev–Trinajstić information content (AvgIpc) is 2.21. The van der Waals surface area contributed by atoms with E-state index in [9.17, 15) is 9.18 Å². The second-order valence-electron chi connectivity index (χ2n) is 5.26. The Kier molecular flexibility index (Phi) is 3.88. The number of para-hydroxylation sites is 1. The molecule has 1 aromatic carbocycles. The third-order valence-corrected chi connectivity index (χ3v) is 2.69. The van der Waals surface area contributed by atoms with E-state index in [2.05, 4.69) is 5.32 Å². The molecular weight excluding hydrogens is 219 g/mol. The minimum absolute atomic E-state index is 0.206. The zero-order valence-electron chi connectivity index (χ0n) is 10.7. The van der Waals surface area contributed by atoms with Crippen LogP contribution in [0.25, 0.3) is 0 Å². The summed E-state index contributed by atoms with van der Waals surface area (Å²) in [5.74, 6) is -0.815.